The molecular formula is C58H92N2O12S2. The first-order valence-corrected chi connectivity index (χ1v) is 32.1. The maximum atomic E-state index is 12.5. The van der Waals surface area contributed by atoms with E-state index in [0.717, 1.165) is 116 Å². The minimum atomic E-state index is -4.11. The monoisotopic (exact) mass is 1070 g/mol. The summed E-state index contributed by atoms with van der Waals surface area (Å²) in [5.74, 6) is 15.9. The van der Waals surface area contributed by atoms with Crippen LogP contribution in [0.4, 0.5) is 0 Å². The predicted octanol–water partition coefficient (Wildman–Crippen LogP) is 7.86. The Bertz CT molecular complexity index is 2200. The summed E-state index contributed by atoms with van der Waals surface area (Å²) in [7, 11) is -8.22. The molecule has 0 heterocycles. The van der Waals surface area contributed by atoms with Crippen LogP contribution >= 0.6 is 0 Å². The Morgan fingerprint density at radius 1 is 0.554 bits per heavy atom. The van der Waals surface area contributed by atoms with Crippen LogP contribution in [0.15, 0.2) is 0 Å². The van der Waals surface area contributed by atoms with Crippen molar-refractivity contribution < 1.29 is 55.2 Å². The summed E-state index contributed by atoms with van der Waals surface area (Å²) < 4.78 is 74.9. The minimum Gasteiger partial charge on any atom is -0.393 e. The predicted molar refractivity (Wildman–Crippen MR) is 284 cm³/mol. The standard InChI is InChI=1S/C58H92N2O12S2/c1-37(11-17-51(63)59-27-31-73(65,66)67)43-13-15-45-53-47(21-25-57(43,45)5)55(3)23-19-41(33-39(55)35-49(53)61)71-29-9-7-8-10-30-72-42-20-24-56(4)40(34-42)36-50(62)54-46-16-14-44(58(46,6)26-22-48(54)56)38(2)12-18-52(64)60-28-32-74(68,69)70/h37-50,53-54,61-62H,11-36H2,1-6H3,(H,59,63)(H,60,64)(H,65,66,67)(H,68,69,70)/t37-,38+,39?,40?,41-,42+,43-,44+,45+,46-,47+,48-,49+,50-,53+,54-,55+,56-,57-,58+. The van der Waals surface area contributed by atoms with Crippen molar-refractivity contribution in [2.24, 2.45) is 92.7 Å². The van der Waals surface area contributed by atoms with Crippen molar-refractivity contribution in [2.45, 2.75) is 194 Å². The molecular weight excluding hydrogens is 981 g/mol. The van der Waals surface area contributed by atoms with Crippen LogP contribution in [-0.2, 0) is 39.3 Å². The molecule has 2 amide bonds. The van der Waals surface area contributed by atoms with E-state index in [4.69, 9.17) is 18.6 Å². The zero-order chi connectivity index (χ0) is 53.4. The molecule has 2 unspecified atom stereocenters. The van der Waals surface area contributed by atoms with Crippen molar-refractivity contribution in [1.82, 2.24) is 10.6 Å². The largest absolute Gasteiger partial charge is 0.393 e. The fraction of sp³-hybridized carbons (Fsp3) is 0.897. The normalized spacial score (nSPS) is 42.2. The van der Waals surface area contributed by atoms with Crippen LogP contribution in [-0.4, -0.2) is 110 Å². The zero-order valence-corrected chi connectivity index (χ0v) is 47.1. The van der Waals surface area contributed by atoms with Gasteiger partial charge in [0.25, 0.3) is 20.2 Å². The number of carbonyl (C=O) groups is 2. The van der Waals surface area contributed by atoms with E-state index in [1.807, 2.05) is 0 Å². The number of hydrogen-bond acceptors (Lipinski definition) is 10. The molecule has 6 N–H and O–H groups in total. The molecule has 8 saturated carbocycles. The van der Waals surface area contributed by atoms with Crippen molar-refractivity contribution >= 4 is 32.1 Å². The smallest absolute Gasteiger partial charge is 0.266 e. The van der Waals surface area contributed by atoms with E-state index < -0.39 is 31.7 Å². The van der Waals surface area contributed by atoms with Gasteiger partial charge in [0.1, 0.15) is 13.2 Å². The average molecular weight is 1070 g/mol. The lowest BCUT2D eigenvalue weighted by Gasteiger charge is -2.62. The van der Waals surface area contributed by atoms with Crippen LogP contribution in [0.2, 0.25) is 0 Å². The maximum Gasteiger partial charge on any atom is 0.266 e. The second kappa shape index (κ2) is 23.2. The summed E-state index contributed by atoms with van der Waals surface area (Å²) in [6.07, 6.45) is 18.4. The van der Waals surface area contributed by atoms with Gasteiger partial charge >= 0.3 is 0 Å². The van der Waals surface area contributed by atoms with E-state index in [-0.39, 0.29) is 71.0 Å². The van der Waals surface area contributed by atoms with Gasteiger partial charge in [-0.3, -0.25) is 18.7 Å². The van der Waals surface area contributed by atoms with E-state index in [9.17, 15) is 36.6 Å². The molecule has 0 aromatic carbocycles. The quantitative estimate of drug-likeness (QED) is 0.0570. The number of hydrogen-bond donors (Lipinski definition) is 6. The first kappa shape index (κ1) is 57.9. The lowest BCUT2D eigenvalue weighted by molar-refractivity contribution is -0.177. The number of ether oxygens (including phenoxy) is 2. The lowest BCUT2D eigenvalue weighted by Crippen LogP contribution is -2.58. The Labute approximate surface area is 444 Å². The highest BCUT2D eigenvalue weighted by Gasteiger charge is 2.65. The van der Waals surface area contributed by atoms with Crippen molar-refractivity contribution in [3.63, 3.8) is 0 Å². The number of nitrogens with one attached hydrogen (secondary N) is 2. The lowest BCUT2D eigenvalue weighted by atomic mass is 9.43. The highest BCUT2D eigenvalue weighted by molar-refractivity contribution is 7.86. The number of amides is 2. The van der Waals surface area contributed by atoms with E-state index in [2.05, 4.69) is 75.9 Å². The molecule has 0 aromatic heterocycles. The van der Waals surface area contributed by atoms with Gasteiger partial charge in [0.05, 0.1) is 35.9 Å². The van der Waals surface area contributed by atoms with Crippen molar-refractivity contribution in [1.29, 1.82) is 0 Å². The number of aliphatic hydroxyl groups is 2. The second-order valence-corrected chi connectivity index (χ2v) is 29.5. The molecule has 0 spiro atoms. The Kier molecular flexibility index (Phi) is 18.1. The van der Waals surface area contributed by atoms with Crippen molar-refractivity contribution in [3.8, 4) is 23.7 Å². The maximum absolute atomic E-state index is 12.5. The number of carbonyl (C=O) groups excluding carboxylic acids is 2. The highest BCUT2D eigenvalue weighted by Crippen LogP contribution is 2.70. The fourth-order valence-electron chi connectivity index (χ4n) is 19.0. The molecule has 20 atom stereocenters. The third-order valence-corrected chi connectivity index (χ3v) is 24.3. The van der Waals surface area contributed by atoms with Gasteiger partial charge in [-0.05, 0) is 220 Å². The molecule has 0 saturated heterocycles. The van der Waals surface area contributed by atoms with Gasteiger partial charge in [-0.1, -0.05) is 53.4 Å². The molecule has 0 aliphatic heterocycles. The van der Waals surface area contributed by atoms with Crippen molar-refractivity contribution in [3.05, 3.63) is 0 Å². The Morgan fingerprint density at radius 3 is 1.30 bits per heavy atom. The van der Waals surface area contributed by atoms with Crippen LogP contribution in [0.3, 0.4) is 0 Å². The average Bonchev–Trinajstić information content (AvgIpc) is 3.87. The van der Waals surface area contributed by atoms with E-state index in [1.54, 1.807) is 0 Å². The van der Waals surface area contributed by atoms with Crippen LogP contribution in [0.25, 0.3) is 0 Å². The van der Waals surface area contributed by atoms with Gasteiger partial charge in [-0.15, -0.1) is 0 Å². The number of fused-ring (bicyclic) bond motifs is 10. The van der Waals surface area contributed by atoms with E-state index in [0.29, 0.717) is 97.1 Å². The SMILES string of the molecule is C[C@H](CCC(=O)NCCS(=O)(=O)O)[C@H]1CC[C@H]2[C@@H]3[C@@H](O)CC4C[C@H](OCC#CC#CCO[C@H]5CC[C@]6(C)C(C5)C[C@@H](O)[C@@H]5[C@H]7CC[C@@H]([C@@H](C)CCC(=O)NCCS(=O)(=O)O)[C@]7(C)CC[C@H]56)CC[C@]4(C)[C@H]3CC[C@]12C. The summed E-state index contributed by atoms with van der Waals surface area (Å²) in [6.45, 7) is 14.9. The first-order chi connectivity index (χ1) is 34.9. The number of aliphatic hydroxyl groups excluding tert-OH is 2. The third kappa shape index (κ3) is 12.4. The van der Waals surface area contributed by atoms with E-state index in [1.165, 1.54) is 0 Å². The fourth-order valence-corrected chi connectivity index (χ4v) is 19.8. The molecule has 8 fully saturated rings. The molecule has 16 heteroatoms. The van der Waals surface area contributed by atoms with Gasteiger partial charge in [-0.25, -0.2) is 0 Å². The first-order valence-electron chi connectivity index (χ1n) is 28.8. The summed E-state index contributed by atoms with van der Waals surface area (Å²) in [4.78, 5) is 25.0. The molecule has 0 bridgehead atoms. The summed E-state index contributed by atoms with van der Waals surface area (Å²) >= 11 is 0. The molecule has 8 aliphatic carbocycles. The Hall–Kier alpha value is -2.28. The summed E-state index contributed by atoms with van der Waals surface area (Å²) in [5.41, 5.74) is 0.592. The van der Waals surface area contributed by atoms with Crippen LogP contribution < -0.4 is 10.6 Å². The van der Waals surface area contributed by atoms with Gasteiger partial charge in [-0.2, -0.15) is 16.8 Å². The van der Waals surface area contributed by atoms with Crippen molar-refractivity contribution in [2.75, 3.05) is 37.8 Å². The Balaban J connectivity index is 0.745. The van der Waals surface area contributed by atoms with Gasteiger partial charge < -0.3 is 30.3 Å². The molecule has 14 nitrogen and oxygen atoms in total. The Morgan fingerprint density at radius 2 is 0.919 bits per heavy atom. The molecule has 8 rings (SSSR count). The molecule has 418 valence electrons. The van der Waals surface area contributed by atoms with Gasteiger partial charge in [0, 0.05) is 25.9 Å². The summed E-state index contributed by atoms with van der Waals surface area (Å²) in [6, 6.07) is 0. The second-order valence-electron chi connectivity index (χ2n) is 26.4. The van der Waals surface area contributed by atoms with Gasteiger partial charge in [0.2, 0.25) is 11.8 Å². The summed E-state index contributed by atoms with van der Waals surface area (Å²) in [5, 5.41) is 29.1. The minimum absolute atomic E-state index is 0.0855. The van der Waals surface area contributed by atoms with Gasteiger partial charge in [0.15, 0.2) is 0 Å². The number of rotatable bonds is 18. The highest BCUT2D eigenvalue weighted by atomic mass is 32.2. The van der Waals surface area contributed by atoms with E-state index >= 15 is 0 Å². The van der Waals surface area contributed by atoms with Crippen LogP contribution in [0.5, 0.6) is 0 Å². The molecule has 0 aromatic rings. The molecule has 0 radical (unpaired) electrons. The molecule has 8 aliphatic rings. The zero-order valence-electron chi connectivity index (χ0n) is 45.5. The third-order valence-electron chi connectivity index (χ3n) is 22.8. The molecule has 74 heavy (non-hydrogen) atoms. The van der Waals surface area contributed by atoms with Crippen LogP contribution in [0, 0.1) is 116 Å². The van der Waals surface area contributed by atoms with Crippen LogP contribution in [0.1, 0.15) is 170 Å². The topological polar surface area (TPSA) is 226 Å².